The number of nitrogens with two attached hydrogens (primary N) is 1. The maximum Gasteiger partial charge on any atom is 0.0614 e. The van der Waals surface area contributed by atoms with Gasteiger partial charge < -0.3 is 25.5 Å². The van der Waals surface area contributed by atoms with Crippen LogP contribution in [0.25, 0.3) is 0 Å². The quantitative estimate of drug-likeness (QED) is 0.449. The van der Waals surface area contributed by atoms with Crippen LogP contribution in [0.1, 0.15) is 12.8 Å². The average Bonchev–Trinajstić information content (AvgIpc) is 1.79. The van der Waals surface area contributed by atoms with E-state index in [2.05, 4.69) is 0 Å². The van der Waals surface area contributed by atoms with E-state index in [0.717, 1.165) is 0 Å². The molecule has 0 aromatic heterocycles. The molecule has 0 aromatic rings. The Labute approximate surface area is 62.8 Å². The number of rotatable bonds is 2. The molecule has 0 unspecified atom stereocenters. The van der Waals surface area contributed by atoms with Crippen LogP contribution in [-0.4, -0.2) is 17.5 Å². The number of carbonyl (C=O) groups is 2. The van der Waals surface area contributed by atoms with Crippen LogP contribution in [-0.2, 0) is 9.59 Å². The van der Waals surface area contributed by atoms with Crippen molar-refractivity contribution in [3.8, 4) is 0 Å². The molecule has 11 heavy (non-hydrogen) atoms. The molecule has 5 nitrogen and oxygen atoms in total. The lowest BCUT2D eigenvalue weighted by atomic mass is 9.69. The number of carboxylic acids is 2. The van der Waals surface area contributed by atoms with Gasteiger partial charge in [-0.15, -0.1) is 0 Å². The molecule has 0 saturated heterocycles. The Hall–Kier alpha value is -1.10. The summed E-state index contributed by atoms with van der Waals surface area (Å²) in [5.74, 6) is -3.36. The van der Waals surface area contributed by atoms with E-state index in [1.807, 2.05) is 0 Å². The number of carbonyl (C=O) groups excluding carboxylic acids is 2. The highest BCUT2D eigenvalue weighted by Crippen LogP contribution is 2.34. The summed E-state index contributed by atoms with van der Waals surface area (Å²) in [6.07, 6.45) is -0.171. The first-order chi connectivity index (χ1) is 4.96. The van der Waals surface area contributed by atoms with Crippen molar-refractivity contribution in [2.75, 3.05) is 0 Å². The van der Waals surface area contributed by atoms with Gasteiger partial charge in [0.15, 0.2) is 0 Å². The summed E-state index contributed by atoms with van der Waals surface area (Å²) in [5.41, 5.74) is 3.78. The van der Waals surface area contributed by atoms with E-state index < -0.39 is 23.4 Å². The molecule has 1 fully saturated rings. The predicted molar refractivity (Wildman–Crippen MR) is 29.7 cm³/mol. The molecule has 0 radical (unpaired) electrons. The van der Waals surface area contributed by atoms with Gasteiger partial charge in [0.05, 0.1) is 11.5 Å². The minimum Gasteiger partial charge on any atom is -0.550 e. The molecule has 0 amide bonds. The Balaban J connectivity index is 2.50. The Bertz CT molecular complexity index is 207. The lowest BCUT2D eigenvalue weighted by molar-refractivity contribution is -0.326. The highest BCUT2D eigenvalue weighted by Gasteiger charge is 2.42. The van der Waals surface area contributed by atoms with Gasteiger partial charge in [0.2, 0.25) is 0 Å². The summed E-state index contributed by atoms with van der Waals surface area (Å²) in [6, 6.07) is 0. The highest BCUT2D eigenvalue weighted by molar-refractivity contribution is 5.82. The van der Waals surface area contributed by atoms with Gasteiger partial charge in [-0.3, -0.25) is 0 Å². The fraction of sp³-hybridized carbons (Fsp3) is 0.667. The Morgan fingerprint density at radius 2 is 1.82 bits per heavy atom. The van der Waals surface area contributed by atoms with E-state index in [1.54, 1.807) is 0 Å². The number of aliphatic carboxylic acids is 2. The molecule has 0 aromatic carbocycles. The van der Waals surface area contributed by atoms with Crippen molar-refractivity contribution < 1.29 is 19.8 Å². The smallest absolute Gasteiger partial charge is 0.0614 e. The van der Waals surface area contributed by atoms with Gasteiger partial charge >= 0.3 is 0 Å². The first-order valence-corrected chi connectivity index (χ1v) is 3.17. The van der Waals surface area contributed by atoms with Crippen LogP contribution < -0.4 is 15.9 Å². The van der Waals surface area contributed by atoms with Crippen molar-refractivity contribution in [1.82, 2.24) is 0 Å². The van der Waals surface area contributed by atoms with Crippen LogP contribution in [0.5, 0.6) is 0 Å². The molecule has 62 valence electrons. The van der Waals surface area contributed by atoms with Crippen LogP contribution in [0.2, 0.25) is 0 Å². The third-order valence-corrected chi connectivity index (χ3v) is 1.96. The molecule has 1 rings (SSSR count). The highest BCUT2D eigenvalue weighted by atomic mass is 16.4. The molecule has 0 heterocycles. The predicted octanol–water partition coefficient (Wildman–Crippen LogP) is -3.41. The van der Waals surface area contributed by atoms with Crippen molar-refractivity contribution in [1.29, 1.82) is 0 Å². The first kappa shape index (κ1) is 8.00. The summed E-state index contributed by atoms with van der Waals surface area (Å²) in [5, 5.41) is 20.3. The lowest BCUT2D eigenvalue weighted by Gasteiger charge is -2.45. The molecule has 0 spiro atoms. The van der Waals surface area contributed by atoms with Crippen LogP contribution in [0.15, 0.2) is 0 Å². The number of carboxylic acid groups (broad SMARTS) is 2. The summed E-state index contributed by atoms with van der Waals surface area (Å²) < 4.78 is 0. The second kappa shape index (κ2) is 2.20. The molecule has 0 aliphatic heterocycles. The lowest BCUT2D eigenvalue weighted by Crippen LogP contribution is -2.65. The van der Waals surface area contributed by atoms with E-state index in [4.69, 9.17) is 5.73 Å². The zero-order valence-electron chi connectivity index (χ0n) is 5.70. The van der Waals surface area contributed by atoms with Crippen molar-refractivity contribution in [2.45, 2.75) is 18.4 Å². The van der Waals surface area contributed by atoms with Crippen LogP contribution >= 0.6 is 0 Å². The van der Waals surface area contributed by atoms with E-state index in [0.29, 0.717) is 0 Å². The van der Waals surface area contributed by atoms with Crippen molar-refractivity contribution in [3.63, 3.8) is 0 Å². The number of hydrogen-bond donors (Lipinski definition) is 1. The number of hydrogen-bond acceptors (Lipinski definition) is 5. The maximum atomic E-state index is 10.2. The maximum absolute atomic E-state index is 10.2. The molecule has 1 aliphatic rings. The van der Waals surface area contributed by atoms with Crippen LogP contribution in [0.4, 0.5) is 0 Å². The van der Waals surface area contributed by atoms with Gasteiger partial charge in [0.25, 0.3) is 0 Å². The molecule has 1 saturated carbocycles. The average molecular weight is 157 g/mol. The third-order valence-electron chi connectivity index (χ3n) is 1.96. The molecule has 1 aliphatic carbocycles. The van der Waals surface area contributed by atoms with Gasteiger partial charge in [-0.1, -0.05) is 0 Å². The molecule has 5 heteroatoms. The Morgan fingerprint density at radius 1 is 1.36 bits per heavy atom. The van der Waals surface area contributed by atoms with Gasteiger partial charge in [0, 0.05) is 11.9 Å². The molecule has 2 N–H and O–H groups in total. The van der Waals surface area contributed by atoms with Crippen molar-refractivity contribution >= 4 is 11.9 Å². The molecular formula is C6H7NO4-2. The van der Waals surface area contributed by atoms with Gasteiger partial charge in [-0.05, 0) is 12.8 Å². The first-order valence-electron chi connectivity index (χ1n) is 3.17. The zero-order chi connectivity index (χ0) is 8.65. The summed E-state index contributed by atoms with van der Waals surface area (Å²) in [7, 11) is 0. The van der Waals surface area contributed by atoms with Crippen molar-refractivity contribution in [2.24, 2.45) is 11.7 Å². The van der Waals surface area contributed by atoms with E-state index in [-0.39, 0.29) is 12.8 Å². The Morgan fingerprint density at radius 3 is 2.09 bits per heavy atom. The second-order valence-corrected chi connectivity index (χ2v) is 2.87. The monoisotopic (exact) mass is 157 g/mol. The normalized spacial score (nSPS) is 35.9. The zero-order valence-corrected chi connectivity index (χ0v) is 5.70. The van der Waals surface area contributed by atoms with Gasteiger partial charge in [-0.2, -0.15) is 0 Å². The minimum atomic E-state index is -1.44. The molecular weight excluding hydrogens is 150 g/mol. The fourth-order valence-electron chi connectivity index (χ4n) is 1.15. The van der Waals surface area contributed by atoms with Crippen LogP contribution in [0, 0.1) is 5.92 Å². The van der Waals surface area contributed by atoms with Gasteiger partial charge in [0.1, 0.15) is 0 Å². The van der Waals surface area contributed by atoms with E-state index in [1.165, 1.54) is 0 Å². The SMILES string of the molecule is NC1(C(=O)[O-])CC(C(=O)[O-])C1. The van der Waals surface area contributed by atoms with Crippen LogP contribution in [0.3, 0.4) is 0 Å². The summed E-state index contributed by atoms with van der Waals surface area (Å²) >= 11 is 0. The topological polar surface area (TPSA) is 106 Å². The molecule has 0 atom stereocenters. The fourth-order valence-corrected chi connectivity index (χ4v) is 1.15. The standard InChI is InChI=1S/C6H9NO4/c7-6(5(10)11)1-3(2-6)4(8)9/h3H,1-2,7H2,(H,8,9)(H,10,11)/p-2. The Kier molecular flexibility index (Phi) is 1.60. The summed E-state index contributed by atoms with van der Waals surface area (Å²) in [4.78, 5) is 20.3. The third kappa shape index (κ3) is 1.19. The summed E-state index contributed by atoms with van der Waals surface area (Å²) in [6.45, 7) is 0. The molecule has 0 bridgehead atoms. The second-order valence-electron chi connectivity index (χ2n) is 2.87. The van der Waals surface area contributed by atoms with E-state index in [9.17, 15) is 19.8 Å². The van der Waals surface area contributed by atoms with Crippen molar-refractivity contribution in [3.05, 3.63) is 0 Å². The minimum absolute atomic E-state index is 0.0856. The largest absolute Gasteiger partial charge is 0.550 e. The van der Waals surface area contributed by atoms with E-state index >= 15 is 0 Å². The van der Waals surface area contributed by atoms with Gasteiger partial charge in [-0.25, -0.2) is 0 Å².